The predicted molar refractivity (Wildman–Crippen MR) is 129 cm³/mol. The number of carboxylic acid groups (broad SMARTS) is 1. The van der Waals surface area contributed by atoms with E-state index in [1.54, 1.807) is 36.2 Å². The maximum atomic E-state index is 12.2. The van der Waals surface area contributed by atoms with Crippen LogP contribution in [-0.4, -0.2) is 91.9 Å². The molecular weight excluding hydrogens is 487 g/mol. The second-order valence-electron chi connectivity index (χ2n) is 9.07. The van der Waals surface area contributed by atoms with E-state index in [9.17, 15) is 19.0 Å². The highest BCUT2D eigenvalue weighted by atomic mass is 35.5. The fraction of sp³-hybridized carbons (Fsp3) is 0.636. The third kappa shape index (κ3) is 14.6. The number of hydrogen-bond donors (Lipinski definition) is 2. The number of quaternary nitrogens is 1. The molecule has 2 N–H and O–H groups in total. The van der Waals surface area contributed by atoms with Gasteiger partial charge in [0, 0.05) is 18.6 Å². The number of benzene rings is 1. The van der Waals surface area contributed by atoms with E-state index >= 15 is 0 Å². The van der Waals surface area contributed by atoms with Crippen LogP contribution in [0, 0.1) is 0 Å². The summed E-state index contributed by atoms with van der Waals surface area (Å²) < 4.78 is 28.1. The van der Waals surface area contributed by atoms with Gasteiger partial charge in [0.1, 0.15) is 18.4 Å². The van der Waals surface area contributed by atoms with Gasteiger partial charge < -0.3 is 24.1 Å². The Labute approximate surface area is 206 Å². The van der Waals surface area contributed by atoms with Gasteiger partial charge in [0.05, 0.1) is 34.2 Å². The quantitative estimate of drug-likeness (QED) is 0.181. The number of amides is 1. The van der Waals surface area contributed by atoms with Crippen LogP contribution in [0.25, 0.3) is 0 Å². The largest absolute Gasteiger partial charge is 0.484 e. The standard InChI is InChI=1S/C22H36ClN2O8P/c1-24(21(26)17-31-19-11-9-18(23)10-12-19)13-7-5-6-8-14-32-34(29,30)33-20(15-22(27)28)16-25(2,3)4/h9-12,20H,5-8,13-17H2,1-4H3,(H-,27,28,29,30)/p+1. The van der Waals surface area contributed by atoms with Gasteiger partial charge in [-0.15, -0.1) is 0 Å². The Kier molecular flexibility index (Phi) is 13.1. The lowest BCUT2D eigenvalue weighted by Crippen LogP contribution is -2.42. The van der Waals surface area contributed by atoms with E-state index in [0.717, 1.165) is 19.3 Å². The summed E-state index contributed by atoms with van der Waals surface area (Å²) in [6.07, 6.45) is 1.51. The third-order valence-corrected chi connectivity index (χ3v) is 6.01. The van der Waals surface area contributed by atoms with Crippen molar-refractivity contribution in [2.24, 2.45) is 0 Å². The van der Waals surface area contributed by atoms with E-state index in [-0.39, 0.29) is 32.1 Å². The molecule has 34 heavy (non-hydrogen) atoms. The van der Waals surface area contributed by atoms with Crippen molar-refractivity contribution in [1.82, 2.24) is 4.90 Å². The highest BCUT2D eigenvalue weighted by molar-refractivity contribution is 7.47. The molecule has 1 aromatic rings. The van der Waals surface area contributed by atoms with Crippen molar-refractivity contribution in [3.63, 3.8) is 0 Å². The van der Waals surface area contributed by atoms with Gasteiger partial charge in [-0.2, -0.15) is 0 Å². The third-order valence-electron chi connectivity index (χ3n) is 4.68. The fourth-order valence-electron chi connectivity index (χ4n) is 3.05. The van der Waals surface area contributed by atoms with E-state index in [4.69, 9.17) is 30.5 Å². The Morgan fingerprint density at radius 3 is 2.32 bits per heavy atom. The van der Waals surface area contributed by atoms with Crippen LogP contribution >= 0.6 is 19.4 Å². The highest BCUT2D eigenvalue weighted by Crippen LogP contribution is 2.45. The van der Waals surface area contributed by atoms with Gasteiger partial charge in [-0.25, -0.2) is 4.57 Å². The molecule has 2 unspecified atom stereocenters. The van der Waals surface area contributed by atoms with Gasteiger partial charge in [-0.1, -0.05) is 24.4 Å². The number of carbonyl (C=O) groups excluding carboxylic acids is 1. The molecule has 1 amide bonds. The zero-order chi connectivity index (χ0) is 25.8. The normalized spacial score (nSPS) is 14.3. The molecule has 0 saturated carbocycles. The Morgan fingerprint density at radius 2 is 1.74 bits per heavy atom. The molecule has 0 aliphatic carbocycles. The molecule has 0 aliphatic rings. The first-order valence-electron chi connectivity index (χ1n) is 11.1. The predicted octanol–water partition coefficient (Wildman–Crippen LogP) is 3.42. The van der Waals surface area contributed by atoms with Crippen LogP contribution in [0.5, 0.6) is 5.75 Å². The smallest absolute Gasteiger partial charge is 0.472 e. The summed E-state index contributed by atoms with van der Waals surface area (Å²) in [6.45, 7) is 0.765. The average Bonchev–Trinajstić information content (AvgIpc) is 2.70. The minimum atomic E-state index is -4.36. The van der Waals surface area contributed by atoms with Crippen molar-refractivity contribution in [3.05, 3.63) is 29.3 Å². The van der Waals surface area contributed by atoms with Gasteiger partial charge in [0.15, 0.2) is 6.61 Å². The van der Waals surface area contributed by atoms with Crippen LogP contribution in [0.1, 0.15) is 32.1 Å². The molecule has 0 aliphatic heterocycles. The maximum Gasteiger partial charge on any atom is 0.472 e. The fourth-order valence-corrected chi connectivity index (χ4v) is 4.12. The first-order chi connectivity index (χ1) is 15.8. The van der Waals surface area contributed by atoms with Gasteiger partial charge in [0.25, 0.3) is 5.91 Å². The van der Waals surface area contributed by atoms with Crippen molar-refractivity contribution in [2.45, 2.75) is 38.2 Å². The van der Waals surface area contributed by atoms with Crippen molar-refractivity contribution < 1.29 is 42.4 Å². The summed E-state index contributed by atoms with van der Waals surface area (Å²) in [7, 11) is 2.85. The molecule has 0 fully saturated rings. The molecule has 12 heteroatoms. The molecule has 0 heterocycles. The molecular formula is C22H37ClN2O8P+. The summed E-state index contributed by atoms with van der Waals surface area (Å²) in [4.78, 5) is 34.7. The topological polar surface area (TPSA) is 123 Å². The summed E-state index contributed by atoms with van der Waals surface area (Å²) in [5.74, 6) is -0.678. The lowest BCUT2D eigenvalue weighted by atomic mass is 10.2. The van der Waals surface area contributed by atoms with Crippen LogP contribution in [0.2, 0.25) is 5.02 Å². The molecule has 2 atom stereocenters. The lowest BCUT2D eigenvalue weighted by Gasteiger charge is -2.29. The molecule has 1 rings (SSSR count). The minimum absolute atomic E-state index is 0.0155. The number of phosphoric acid groups is 1. The number of nitrogens with zero attached hydrogens (tertiary/aromatic N) is 2. The van der Waals surface area contributed by atoms with Gasteiger partial charge in [-0.05, 0) is 37.1 Å². The van der Waals surface area contributed by atoms with Crippen LogP contribution in [-0.2, 0) is 23.2 Å². The number of likely N-dealkylation sites (N-methyl/N-ethyl adjacent to an activating group) is 2. The number of rotatable bonds is 17. The van der Waals surface area contributed by atoms with E-state index < -0.39 is 19.9 Å². The Balaban J connectivity index is 2.22. The Hall–Kier alpha value is -1.68. The highest BCUT2D eigenvalue weighted by Gasteiger charge is 2.31. The van der Waals surface area contributed by atoms with E-state index in [2.05, 4.69) is 0 Å². The molecule has 10 nitrogen and oxygen atoms in total. The molecule has 0 saturated heterocycles. The number of halogens is 1. The van der Waals surface area contributed by atoms with Gasteiger partial charge in [0.2, 0.25) is 0 Å². The number of carbonyl (C=O) groups is 2. The zero-order valence-corrected chi connectivity index (χ0v) is 22.0. The molecule has 0 bridgehead atoms. The van der Waals surface area contributed by atoms with E-state index in [1.807, 2.05) is 21.1 Å². The minimum Gasteiger partial charge on any atom is -0.484 e. The first-order valence-corrected chi connectivity index (χ1v) is 12.9. The second-order valence-corrected chi connectivity index (χ2v) is 10.9. The maximum absolute atomic E-state index is 12.2. The second kappa shape index (κ2) is 14.7. The van der Waals surface area contributed by atoms with Crippen molar-refractivity contribution in [1.29, 1.82) is 0 Å². The molecule has 0 radical (unpaired) electrons. The summed E-state index contributed by atoms with van der Waals surface area (Å²) in [5, 5.41) is 9.60. The zero-order valence-electron chi connectivity index (χ0n) is 20.3. The van der Waals surface area contributed by atoms with Crippen LogP contribution < -0.4 is 4.74 Å². The van der Waals surface area contributed by atoms with Crippen LogP contribution in [0.15, 0.2) is 24.3 Å². The van der Waals surface area contributed by atoms with Crippen molar-refractivity contribution >= 4 is 31.3 Å². The molecule has 0 spiro atoms. The SMILES string of the molecule is CN(CCCCCCOP(=O)(O)OC(CC(=O)O)C[N+](C)(C)C)C(=O)COc1ccc(Cl)cc1. The Morgan fingerprint density at radius 1 is 1.12 bits per heavy atom. The summed E-state index contributed by atoms with van der Waals surface area (Å²) in [5.41, 5.74) is 0. The number of hydrogen-bond acceptors (Lipinski definition) is 6. The molecule has 194 valence electrons. The first kappa shape index (κ1) is 30.4. The Bertz CT molecular complexity index is 816. The molecule has 1 aromatic carbocycles. The molecule has 0 aromatic heterocycles. The van der Waals surface area contributed by atoms with Crippen molar-refractivity contribution in [3.8, 4) is 5.75 Å². The number of unbranched alkanes of at least 4 members (excludes halogenated alkanes) is 3. The number of ether oxygens (including phenoxy) is 1. The summed E-state index contributed by atoms with van der Waals surface area (Å²) in [6, 6.07) is 6.78. The summed E-state index contributed by atoms with van der Waals surface area (Å²) >= 11 is 5.82. The van der Waals surface area contributed by atoms with E-state index in [1.165, 1.54) is 0 Å². The van der Waals surface area contributed by atoms with Crippen LogP contribution in [0.4, 0.5) is 0 Å². The monoisotopic (exact) mass is 523 g/mol. The van der Waals surface area contributed by atoms with Gasteiger partial charge >= 0.3 is 13.8 Å². The van der Waals surface area contributed by atoms with Crippen molar-refractivity contribution in [2.75, 3.05) is 54.5 Å². The average molecular weight is 524 g/mol. The van der Waals surface area contributed by atoms with E-state index in [0.29, 0.717) is 28.2 Å². The number of phosphoric ester groups is 1. The van der Waals surface area contributed by atoms with Gasteiger partial charge in [-0.3, -0.25) is 18.6 Å². The lowest BCUT2D eigenvalue weighted by molar-refractivity contribution is -0.873. The number of aliphatic carboxylic acids is 1. The number of carboxylic acids is 1. The van der Waals surface area contributed by atoms with Crippen LogP contribution in [0.3, 0.4) is 0 Å².